The average molecular weight is 295 g/mol. The van der Waals surface area contributed by atoms with Crippen LogP contribution in [0.2, 0.25) is 0 Å². The first-order valence-electron chi connectivity index (χ1n) is 6.60. The number of thiazole rings is 1. The van der Waals surface area contributed by atoms with Gasteiger partial charge >= 0.3 is 0 Å². The molecular formula is C13H21N5OS. The quantitative estimate of drug-likeness (QED) is 0.725. The molecule has 0 aliphatic carbocycles. The minimum atomic E-state index is 0.720. The van der Waals surface area contributed by atoms with E-state index in [1.54, 1.807) is 24.6 Å². The van der Waals surface area contributed by atoms with Crippen LogP contribution in [-0.2, 0) is 13.0 Å². The molecule has 0 bridgehead atoms. The van der Waals surface area contributed by atoms with Crippen molar-refractivity contribution in [2.45, 2.75) is 19.4 Å². The highest BCUT2D eigenvalue weighted by atomic mass is 32.1. The van der Waals surface area contributed by atoms with E-state index in [0.29, 0.717) is 0 Å². The van der Waals surface area contributed by atoms with Crippen LogP contribution < -0.4 is 15.0 Å². The Balaban J connectivity index is 1.75. The van der Waals surface area contributed by atoms with Crippen LogP contribution in [0.15, 0.2) is 12.4 Å². The summed E-state index contributed by atoms with van der Waals surface area (Å²) in [6.07, 6.45) is 5.65. The van der Waals surface area contributed by atoms with Crippen LogP contribution in [0.4, 0.5) is 5.13 Å². The van der Waals surface area contributed by atoms with Gasteiger partial charge in [0.1, 0.15) is 5.82 Å². The minimum absolute atomic E-state index is 0.720. The highest BCUT2D eigenvalue weighted by molar-refractivity contribution is 7.15. The summed E-state index contributed by atoms with van der Waals surface area (Å²) in [4.78, 5) is 14.9. The third-order valence-electron chi connectivity index (χ3n) is 2.83. The van der Waals surface area contributed by atoms with E-state index < -0.39 is 0 Å². The lowest BCUT2D eigenvalue weighted by molar-refractivity contribution is 0.394. The maximum atomic E-state index is 5.31. The van der Waals surface area contributed by atoms with E-state index >= 15 is 0 Å². The summed E-state index contributed by atoms with van der Waals surface area (Å²) in [6.45, 7) is 1.73. The molecule has 6 nitrogen and oxygen atoms in total. The zero-order valence-electron chi connectivity index (χ0n) is 12.1. The van der Waals surface area contributed by atoms with Gasteiger partial charge in [0, 0.05) is 39.5 Å². The summed E-state index contributed by atoms with van der Waals surface area (Å²) in [5.41, 5.74) is 0. The first kappa shape index (κ1) is 14.8. The number of aromatic nitrogens is 3. The highest BCUT2D eigenvalue weighted by Crippen LogP contribution is 2.30. The van der Waals surface area contributed by atoms with Gasteiger partial charge < -0.3 is 19.9 Å². The van der Waals surface area contributed by atoms with Crippen molar-refractivity contribution in [1.82, 2.24) is 20.3 Å². The third-order valence-corrected chi connectivity index (χ3v) is 4.04. The molecule has 0 saturated heterocycles. The number of nitrogens with one attached hydrogen (secondary N) is 2. The second kappa shape index (κ2) is 7.25. The number of imidazole rings is 1. The minimum Gasteiger partial charge on any atom is -0.480 e. The number of hydrogen-bond donors (Lipinski definition) is 2. The summed E-state index contributed by atoms with van der Waals surface area (Å²) < 4.78 is 5.31. The lowest BCUT2D eigenvalue weighted by Gasteiger charge is -2.05. The number of methoxy groups -OCH3 is 1. The Morgan fingerprint density at radius 3 is 2.95 bits per heavy atom. The van der Waals surface area contributed by atoms with Crippen LogP contribution in [0.5, 0.6) is 5.88 Å². The molecule has 2 aromatic heterocycles. The Morgan fingerprint density at radius 2 is 2.30 bits per heavy atom. The van der Waals surface area contributed by atoms with Crippen LogP contribution >= 0.6 is 11.3 Å². The number of H-pyrrole nitrogens is 1. The molecule has 2 heterocycles. The van der Waals surface area contributed by atoms with Gasteiger partial charge in [-0.3, -0.25) is 0 Å². The Labute approximate surface area is 123 Å². The van der Waals surface area contributed by atoms with Crippen LogP contribution in [-0.4, -0.2) is 42.7 Å². The monoisotopic (exact) mass is 295 g/mol. The Hall–Kier alpha value is -1.60. The third kappa shape index (κ3) is 3.94. The van der Waals surface area contributed by atoms with Gasteiger partial charge in [-0.2, -0.15) is 4.98 Å². The van der Waals surface area contributed by atoms with E-state index in [2.05, 4.69) is 20.3 Å². The molecule has 0 atom stereocenters. The molecule has 0 amide bonds. The highest BCUT2D eigenvalue weighted by Gasteiger charge is 2.12. The molecule has 0 radical (unpaired) electrons. The Morgan fingerprint density at radius 1 is 1.45 bits per heavy atom. The van der Waals surface area contributed by atoms with Crippen molar-refractivity contribution in [3.8, 4) is 5.88 Å². The number of ether oxygens (including phenoxy) is 1. The van der Waals surface area contributed by atoms with Crippen molar-refractivity contribution in [3.63, 3.8) is 0 Å². The SMILES string of the molecule is COc1nc(N(C)C)sc1CNCCCc1ncc[nH]1. The van der Waals surface area contributed by atoms with E-state index in [1.165, 1.54) is 0 Å². The topological polar surface area (TPSA) is 66.1 Å². The van der Waals surface area contributed by atoms with E-state index in [9.17, 15) is 0 Å². The number of aromatic amines is 1. The van der Waals surface area contributed by atoms with Gasteiger partial charge in [-0.25, -0.2) is 4.98 Å². The maximum absolute atomic E-state index is 5.31. The number of aryl methyl sites for hydroxylation is 1. The molecule has 0 aromatic carbocycles. The van der Waals surface area contributed by atoms with Crippen LogP contribution in [0.3, 0.4) is 0 Å². The smallest absolute Gasteiger partial charge is 0.230 e. The lowest BCUT2D eigenvalue weighted by Crippen LogP contribution is -2.15. The van der Waals surface area contributed by atoms with E-state index in [0.717, 1.165) is 47.6 Å². The molecule has 0 unspecified atom stereocenters. The van der Waals surface area contributed by atoms with Gasteiger partial charge in [0.05, 0.1) is 12.0 Å². The van der Waals surface area contributed by atoms with Gasteiger partial charge in [-0.05, 0) is 13.0 Å². The van der Waals surface area contributed by atoms with Crippen molar-refractivity contribution in [1.29, 1.82) is 0 Å². The van der Waals surface area contributed by atoms with Crippen LogP contribution in [0.25, 0.3) is 0 Å². The molecule has 2 rings (SSSR count). The molecule has 0 fully saturated rings. The summed E-state index contributed by atoms with van der Waals surface area (Å²) in [6, 6.07) is 0. The van der Waals surface area contributed by atoms with Gasteiger partial charge in [0.25, 0.3) is 0 Å². The molecule has 0 saturated carbocycles. The van der Waals surface area contributed by atoms with Crippen molar-refractivity contribution in [2.24, 2.45) is 0 Å². The molecule has 2 N–H and O–H groups in total. The second-order valence-electron chi connectivity index (χ2n) is 4.64. The van der Waals surface area contributed by atoms with Crippen LogP contribution in [0, 0.1) is 0 Å². The van der Waals surface area contributed by atoms with Crippen molar-refractivity contribution in [3.05, 3.63) is 23.1 Å². The Bertz CT molecular complexity index is 509. The zero-order chi connectivity index (χ0) is 14.4. The van der Waals surface area contributed by atoms with Crippen molar-refractivity contribution >= 4 is 16.5 Å². The standard InChI is InChI=1S/C13H21N5OS/c1-18(2)13-17-12(19-3)10(20-13)9-14-6-4-5-11-15-7-8-16-11/h7-8,14H,4-6,9H2,1-3H3,(H,15,16). The largest absolute Gasteiger partial charge is 0.480 e. The summed E-state index contributed by atoms with van der Waals surface area (Å²) >= 11 is 1.66. The van der Waals surface area contributed by atoms with Gasteiger partial charge in [0.2, 0.25) is 5.88 Å². The van der Waals surface area contributed by atoms with E-state index in [-0.39, 0.29) is 0 Å². The van der Waals surface area contributed by atoms with E-state index in [1.807, 2.05) is 25.2 Å². The molecule has 7 heteroatoms. The predicted octanol–water partition coefficient (Wildman–Crippen LogP) is 1.66. The molecule has 2 aromatic rings. The summed E-state index contributed by atoms with van der Waals surface area (Å²) in [5.74, 6) is 1.76. The lowest BCUT2D eigenvalue weighted by atomic mass is 10.3. The van der Waals surface area contributed by atoms with Gasteiger partial charge in [0.15, 0.2) is 5.13 Å². The Kier molecular flexibility index (Phi) is 5.37. The van der Waals surface area contributed by atoms with Crippen LogP contribution in [0.1, 0.15) is 17.1 Å². The first-order chi connectivity index (χ1) is 9.70. The zero-order valence-corrected chi connectivity index (χ0v) is 13.0. The average Bonchev–Trinajstić information content (AvgIpc) is 3.07. The number of nitrogens with zero attached hydrogens (tertiary/aromatic N) is 3. The fourth-order valence-electron chi connectivity index (χ4n) is 1.81. The summed E-state index contributed by atoms with van der Waals surface area (Å²) in [5, 5.41) is 4.39. The molecule has 20 heavy (non-hydrogen) atoms. The van der Waals surface area contributed by atoms with Crippen molar-refractivity contribution in [2.75, 3.05) is 32.6 Å². The fraction of sp³-hybridized carbons (Fsp3) is 0.538. The number of rotatable bonds is 8. The number of anilines is 1. The molecule has 0 aliphatic heterocycles. The molecule has 0 aliphatic rings. The predicted molar refractivity (Wildman–Crippen MR) is 81.6 cm³/mol. The molecule has 0 spiro atoms. The first-order valence-corrected chi connectivity index (χ1v) is 7.42. The fourth-order valence-corrected chi connectivity index (χ4v) is 2.73. The summed E-state index contributed by atoms with van der Waals surface area (Å²) in [7, 11) is 5.63. The molecule has 110 valence electrons. The second-order valence-corrected chi connectivity index (χ2v) is 5.70. The van der Waals surface area contributed by atoms with E-state index in [4.69, 9.17) is 4.74 Å². The van der Waals surface area contributed by atoms with Crippen molar-refractivity contribution < 1.29 is 4.74 Å². The van der Waals surface area contributed by atoms with Gasteiger partial charge in [-0.15, -0.1) is 0 Å². The maximum Gasteiger partial charge on any atom is 0.230 e. The normalized spacial score (nSPS) is 10.8. The van der Waals surface area contributed by atoms with Gasteiger partial charge in [-0.1, -0.05) is 11.3 Å². The molecular weight excluding hydrogens is 274 g/mol. The number of hydrogen-bond acceptors (Lipinski definition) is 6.